The Morgan fingerprint density at radius 3 is 2.62 bits per heavy atom. The summed E-state index contributed by atoms with van der Waals surface area (Å²) >= 11 is 6.26. The summed E-state index contributed by atoms with van der Waals surface area (Å²) in [5, 5.41) is 11.4. The molecule has 0 aliphatic rings. The summed E-state index contributed by atoms with van der Waals surface area (Å²) in [5.41, 5.74) is 3.58. The van der Waals surface area contributed by atoms with Crippen LogP contribution in [0.2, 0.25) is 5.02 Å². The Balaban J connectivity index is 2.19. The van der Waals surface area contributed by atoms with Crippen LogP contribution in [0.25, 0.3) is 22.6 Å². The normalized spacial score (nSPS) is 13.0. The zero-order chi connectivity index (χ0) is 17.1. The molecule has 1 atom stereocenters. The van der Waals surface area contributed by atoms with Gasteiger partial charge in [-0.25, -0.2) is 0 Å². The van der Waals surface area contributed by atoms with Crippen LogP contribution in [0.15, 0.2) is 54.7 Å². The van der Waals surface area contributed by atoms with Crippen molar-refractivity contribution in [2.24, 2.45) is 0 Å². The van der Waals surface area contributed by atoms with E-state index >= 15 is 0 Å². The Morgan fingerprint density at radius 1 is 1.21 bits per heavy atom. The van der Waals surface area contributed by atoms with Crippen LogP contribution in [0.3, 0.4) is 0 Å². The van der Waals surface area contributed by atoms with Crippen molar-refractivity contribution in [2.45, 2.75) is 26.3 Å². The maximum absolute atomic E-state index is 9.62. The second-order valence-electron chi connectivity index (χ2n) is 5.92. The average molecular weight is 335 g/mol. The standard InChI is InChI=1S/C21H19ClN2/c1-3-15(2)24-14-17(19-9-5-7-11-21(19)24)12-16(13-23)18-8-4-6-10-20(18)22/h4-12,14-15H,3H2,1-2H3. The third-order valence-corrected chi connectivity index (χ3v) is 4.75. The lowest BCUT2D eigenvalue weighted by atomic mass is 10.0. The molecular formula is C21H19ClN2. The van der Waals surface area contributed by atoms with E-state index in [1.807, 2.05) is 42.5 Å². The number of allylic oxidation sites excluding steroid dienone is 1. The van der Waals surface area contributed by atoms with Crippen molar-refractivity contribution < 1.29 is 0 Å². The fourth-order valence-corrected chi connectivity index (χ4v) is 3.15. The number of halogens is 1. The van der Waals surface area contributed by atoms with Gasteiger partial charge in [0, 0.05) is 39.3 Å². The number of hydrogen-bond donors (Lipinski definition) is 0. The van der Waals surface area contributed by atoms with Crippen molar-refractivity contribution in [1.29, 1.82) is 5.26 Å². The van der Waals surface area contributed by atoms with Crippen molar-refractivity contribution in [3.05, 3.63) is 70.9 Å². The molecule has 24 heavy (non-hydrogen) atoms. The molecule has 0 radical (unpaired) electrons. The van der Waals surface area contributed by atoms with E-state index in [1.54, 1.807) is 0 Å². The summed E-state index contributed by atoms with van der Waals surface area (Å²) in [6.45, 7) is 4.39. The first kappa shape index (κ1) is 16.4. The number of benzene rings is 2. The van der Waals surface area contributed by atoms with Gasteiger partial charge in [0.05, 0.1) is 11.6 Å². The van der Waals surface area contributed by atoms with Crippen LogP contribution in [0.5, 0.6) is 0 Å². The van der Waals surface area contributed by atoms with E-state index in [4.69, 9.17) is 11.6 Å². The van der Waals surface area contributed by atoms with Crippen molar-refractivity contribution >= 4 is 34.2 Å². The highest BCUT2D eigenvalue weighted by atomic mass is 35.5. The molecule has 0 aliphatic heterocycles. The third kappa shape index (κ3) is 2.96. The van der Waals surface area contributed by atoms with Crippen LogP contribution < -0.4 is 0 Å². The molecule has 1 heterocycles. The predicted molar refractivity (Wildman–Crippen MR) is 102 cm³/mol. The van der Waals surface area contributed by atoms with E-state index in [0.29, 0.717) is 16.6 Å². The molecule has 3 rings (SSSR count). The van der Waals surface area contributed by atoms with E-state index in [-0.39, 0.29) is 0 Å². The van der Waals surface area contributed by atoms with Crippen molar-refractivity contribution in [3.63, 3.8) is 0 Å². The minimum Gasteiger partial charge on any atom is -0.344 e. The molecule has 0 spiro atoms. The highest BCUT2D eigenvalue weighted by Gasteiger charge is 2.12. The van der Waals surface area contributed by atoms with Crippen LogP contribution in [0.1, 0.15) is 37.4 Å². The SMILES string of the molecule is CCC(C)n1cc(C=C(C#N)c2ccccc2Cl)c2ccccc21. The summed E-state index contributed by atoms with van der Waals surface area (Å²) < 4.78 is 2.28. The molecule has 0 N–H and O–H groups in total. The summed E-state index contributed by atoms with van der Waals surface area (Å²) in [6, 6.07) is 18.5. The van der Waals surface area contributed by atoms with Gasteiger partial charge in [0.15, 0.2) is 0 Å². The highest BCUT2D eigenvalue weighted by molar-refractivity contribution is 6.32. The molecule has 1 aromatic heterocycles. The monoisotopic (exact) mass is 334 g/mol. The molecule has 1 unspecified atom stereocenters. The minimum atomic E-state index is 0.405. The second kappa shape index (κ2) is 6.95. The molecule has 0 bridgehead atoms. The first-order valence-corrected chi connectivity index (χ1v) is 8.49. The van der Waals surface area contributed by atoms with Crippen LogP contribution in [0, 0.1) is 11.3 Å². The van der Waals surface area contributed by atoms with E-state index in [0.717, 1.165) is 22.9 Å². The summed E-state index contributed by atoms with van der Waals surface area (Å²) in [7, 11) is 0. The number of fused-ring (bicyclic) bond motifs is 1. The van der Waals surface area contributed by atoms with Crippen molar-refractivity contribution in [3.8, 4) is 6.07 Å². The minimum absolute atomic E-state index is 0.405. The van der Waals surface area contributed by atoms with Gasteiger partial charge in [0.1, 0.15) is 0 Å². The lowest BCUT2D eigenvalue weighted by Gasteiger charge is -2.12. The summed E-state index contributed by atoms with van der Waals surface area (Å²) in [4.78, 5) is 0. The smallest absolute Gasteiger partial charge is 0.0998 e. The topological polar surface area (TPSA) is 28.7 Å². The largest absolute Gasteiger partial charge is 0.344 e. The first-order valence-electron chi connectivity index (χ1n) is 8.12. The molecule has 3 heteroatoms. The molecule has 3 aromatic rings. The average Bonchev–Trinajstić information content (AvgIpc) is 2.98. The molecule has 0 aliphatic carbocycles. The number of nitrogens with zero attached hydrogens (tertiary/aromatic N) is 2. The second-order valence-corrected chi connectivity index (χ2v) is 6.32. The number of para-hydroxylation sites is 1. The van der Waals surface area contributed by atoms with Gasteiger partial charge in [0.2, 0.25) is 0 Å². The van der Waals surface area contributed by atoms with Crippen LogP contribution in [-0.4, -0.2) is 4.57 Å². The van der Waals surface area contributed by atoms with Gasteiger partial charge >= 0.3 is 0 Å². The molecule has 0 fully saturated rings. The molecular weight excluding hydrogens is 316 g/mol. The molecule has 2 aromatic carbocycles. The van der Waals surface area contributed by atoms with E-state index < -0.39 is 0 Å². The van der Waals surface area contributed by atoms with Gasteiger partial charge in [-0.2, -0.15) is 5.26 Å². The zero-order valence-corrected chi connectivity index (χ0v) is 14.6. The van der Waals surface area contributed by atoms with E-state index in [9.17, 15) is 5.26 Å². The number of nitriles is 1. The number of hydrogen-bond acceptors (Lipinski definition) is 1. The molecule has 2 nitrogen and oxygen atoms in total. The Bertz CT molecular complexity index is 944. The van der Waals surface area contributed by atoms with Gasteiger partial charge in [0.25, 0.3) is 0 Å². The van der Waals surface area contributed by atoms with Crippen molar-refractivity contribution in [1.82, 2.24) is 4.57 Å². The van der Waals surface area contributed by atoms with Gasteiger partial charge in [-0.3, -0.25) is 0 Å². The Kier molecular flexibility index (Phi) is 4.74. The Morgan fingerprint density at radius 2 is 1.92 bits per heavy atom. The van der Waals surface area contributed by atoms with E-state index in [2.05, 4.69) is 42.8 Å². The fraction of sp³-hybridized carbons (Fsp3) is 0.190. The predicted octanol–water partition coefficient (Wildman–Crippen LogP) is 6.33. The van der Waals surface area contributed by atoms with Crippen LogP contribution in [-0.2, 0) is 0 Å². The maximum atomic E-state index is 9.62. The van der Waals surface area contributed by atoms with Gasteiger partial charge in [-0.15, -0.1) is 0 Å². The first-order chi connectivity index (χ1) is 11.7. The lowest BCUT2D eigenvalue weighted by molar-refractivity contribution is 0.548. The van der Waals surface area contributed by atoms with E-state index in [1.165, 1.54) is 5.52 Å². The lowest BCUT2D eigenvalue weighted by Crippen LogP contribution is -2.01. The molecule has 0 amide bonds. The van der Waals surface area contributed by atoms with Crippen molar-refractivity contribution in [2.75, 3.05) is 0 Å². The number of rotatable bonds is 4. The van der Waals surface area contributed by atoms with Crippen LogP contribution in [0.4, 0.5) is 0 Å². The Hall–Kier alpha value is -2.50. The molecule has 0 saturated heterocycles. The number of aromatic nitrogens is 1. The third-order valence-electron chi connectivity index (χ3n) is 4.42. The summed E-state index contributed by atoms with van der Waals surface area (Å²) in [6.07, 6.45) is 5.12. The Labute approximate surface area is 147 Å². The fourth-order valence-electron chi connectivity index (χ4n) is 2.91. The highest BCUT2D eigenvalue weighted by Crippen LogP contribution is 2.30. The zero-order valence-electron chi connectivity index (χ0n) is 13.8. The summed E-state index contributed by atoms with van der Waals surface area (Å²) in [5.74, 6) is 0. The quantitative estimate of drug-likeness (QED) is 0.512. The van der Waals surface area contributed by atoms with Gasteiger partial charge in [-0.05, 0) is 31.6 Å². The molecule has 120 valence electrons. The van der Waals surface area contributed by atoms with Gasteiger partial charge in [-0.1, -0.05) is 54.9 Å². The van der Waals surface area contributed by atoms with Crippen LogP contribution >= 0.6 is 11.6 Å². The van der Waals surface area contributed by atoms with Gasteiger partial charge < -0.3 is 4.57 Å². The molecule has 0 saturated carbocycles. The maximum Gasteiger partial charge on any atom is 0.0998 e.